The van der Waals surface area contributed by atoms with E-state index in [9.17, 15) is 27.9 Å². The third-order valence-electron chi connectivity index (χ3n) is 3.77. The van der Waals surface area contributed by atoms with Crippen LogP contribution in [-0.2, 0) is 19.6 Å². The van der Waals surface area contributed by atoms with Crippen LogP contribution in [0.1, 0.15) is 31.1 Å². The number of hydrogen-bond acceptors (Lipinski definition) is 7. The van der Waals surface area contributed by atoms with Crippen LogP contribution in [-0.4, -0.2) is 38.3 Å². The maximum Gasteiger partial charge on any atom is 1.00 e. The number of carboxylic acid groups (broad SMARTS) is 1. The number of benzene rings is 2. The van der Waals surface area contributed by atoms with Crippen molar-refractivity contribution in [2.45, 2.75) is 25.7 Å². The number of esters is 1. The van der Waals surface area contributed by atoms with E-state index in [0.717, 1.165) is 0 Å². The third kappa shape index (κ3) is 8.24. The fraction of sp³-hybridized carbons (Fsp3) is 0.250. The molecule has 0 spiro atoms. The van der Waals surface area contributed by atoms with E-state index in [1.165, 1.54) is 48.5 Å². The number of carbonyl (C=O) groups excluding carboxylic acids is 3. The molecule has 0 aliphatic carbocycles. The Morgan fingerprint density at radius 1 is 1.00 bits per heavy atom. The average molecular weight is 474 g/mol. The van der Waals surface area contributed by atoms with E-state index < -0.39 is 39.8 Å². The molecule has 2 rings (SSSR count). The Kier molecular flexibility index (Phi) is 11.1. The summed E-state index contributed by atoms with van der Waals surface area (Å²) < 4.78 is 32.9. The largest absolute Gasteiger partial charge is 1.00 e. The van der Waals surface area contributed by atoms with Crippen molar-refractivity contribution in [3.8, 4) is 5.75 Å². The average Bonchev–Trinajstić information content (AvgIpc) is 2.66. The number of para-hydroxylation sites is 1. The van der Waals surface area contributed by atoms with Gasteiger partial charge in [0.05, 0.1) is 34.1 Å². The van der Waals surface area contributed by atoms with Crippen LogP contribution in [0.15, 0.2) is 53.4 Å². The molecule has 4 N–H and O–H groups in total. The molecule has 168 valence electrons. The van der Waals surface area contributed by atoms with Crippen molar-refractivity contribution in [2.24, 2.45) is 5.41 Å². The Bertz CT molecular complexity index is 1060. The molecule has 0 fully saturated rings. The van der Waals surface area contributed by atoms with Crippen molar-refractivity contribution < 1.29 is 67.7 Å². The van der Waals surface area contributed by atoms with Gasteiger partial charge in [0.1, 0.15) is 5.75 Å². The van der Waals surface area contributed by atoms with Gasteiger partial charge in [-0.2, -0.15) is 0 Å². The zero-order valence-electron chi connectivity index (χ0n) is 18.1. The Balaban J connectivity index is 0.00000480. The fourth-order valence-electron chi connectivity index (χ4n) is 2.17. The molecule has 0 atom stereocenters. The minimum atomic E-state index is -4.07. The summed E-state index contributed by atoms with van der Waals surface area (Å²) in [5.74, 6) is -2.53. The van der Waals surface area contributed by atoms with E-state index in [4.69, 9.17) is 4.74 Å². The topological polar surface area (TPSA) is 173 Å². The van der Waals surface area contributed by atoms with Gasteiger partial charge in [-0.25, -0.2) is 8.42 Å². The number of rotatable bonds is 7. The van der Waals surface area contributed by atoms with Gasteiger partial charge in [-0.05, 0) is 57.2 Å². The molecule has 0 heterocycles. The number of hydrogen-bond donors (Lipinski definition) is 2. The summed E-state index contributed by atoms with van der Waals surface area (Å²) in [6.07, 6.45) is 0. The van der Waals surface area contributed by atoms with Crippen molar-refractivity contribution in [3.63, 3.8) is 0 Å². The minimum Gasteiger partial charge on any atom is -0.548 e. The van der Waals surface area contributed by atoms with Gasteiger partial charge < -0.3 is 25.4 Å². The van der Waals surface area contributed by atoms with Crippen molar-refractivity contribution in [1.29, 1.82) is 0 Å². The van der Waals surface area contributed by atoms with Gasteiger partial charge in [0, 0.05) is 0 Å². The standard InChI is InChI=1S/C20H22N2O7S.Na.H2O/c1-20(2,3)19(26)29-13-8-10-14(11-9-13)30(27,28)22-16-7-5-4-6-15(16)18(25)21-12-17(23)24;;/h4-11,22H,12H2,1-3H3,(H,21,25)(H,23,24);;1H2/q;+1;/p-1. The number of ether oxygens (including phenoxy) is 1. The first-order valence-corrected chi connectivity index (χ1v) is 10.3. The number of sulfonamides is 1. The fourth-order valence-corrected chi connectivity index (χ4v) is 3.25. The van der Waals surface area contributed by atoms with Crippen LogP contribution >= 0.6 is 0 Å². The summed E-state index contributed by atoms with van der Waals surface area (Å²) in [4.78, 5) is 34.4. The molecular formula is C20H23N2NaO8S. The quantitative estimate of drug-likeness (QED) is 0.246. The molecule has 12 heteroatoms. The van der Waals surface area contributed by atoms with E-state index in [1.54, 1.807) is 20.8 Å². The number of carboxylic acids is 1. The number of carbonyl (C=O) groups is 3. The molecule has 0 saturated heterocycles. The van der Waals surface area contributed by atoms with Crippen LogP contribution < -0.4 is 49.4 Å². The van der Waals surface area contributed by atoms with Gasteiger partial charge in [-0.15, -0.1) is 0 Å². The zero-order chi connectivity index (χ0) is 22.5. The van der Waals surface area contributed by atoms with Crippen LogP contribution in [0.5, 0.6) is 5.75 Å². The first-order chi connectivity index (χ1) is 13.9. The molecule has 0 unspecified atom stereocenters. The van der Waals surface area contributed by atoms with Gasteiger partial charge in [-0.3, -0.25) is 14.3 Å². The van der Waals surface area contributed by atoms with Gasteiger partial charge in [0.25, 0.3) is 15.9 Å². The molecule has 2 aromatic carbocycles. The zero-order valence-corrected chi connectivity index (χ0v) is 20.9. The first-order valence-electron chi connectivity index (χ1n) is 8.82. The van der Waals surface area contributed by atoms with Gasteiger partial charge in [-0.1, -0.05) is 12.1 Å². The molecular weight excluding hydrogens is 451 g/mol. The second-order valence-electron chi connectivity index (χ2n) is 7.32. The second-order valence-corrected chi connectivity index (χ2v) is 9.00. The van der Waals surface area contributed by atoms with E-state index in [-0.39, 0.29) is 56.9 Å². The van der Waals surface area contributed by atoms with Crippen LogP contribution in [0.3, 0.4) is 0 Å². The molecule has 0 saturated carbocycles. The summed E-state index contributed by atoms with van der Waals surface area (Å²) in [5, 5.41) is 12.6. The van der Waals surface area contributed by atoms with Gasteiger partial charge >= 0.3 is 35.5 Å². The molecule has 0 aliphatic heterocycles. The van der Waals surface area contributed by atoms with Crippen molar-refractivity contribution in [1.82, 2.24) is 5.32 Å². The first kappa shape index (κ1) is 29.6. The summed E-state index contributed by atoms with van der Waals surface area (Å²) in [6.45, 7) is 4.37. The maximum absolute atomic E-state index is 12.7. The van der Waals surface area contributed by atoms with Crippen LogP contribution in [0.4, 0.5) is 5.69 Å². The summed E-state index contributed by atoms with van der Waals surface area (Å²) in [7, 11) is -4.07. The molecule has 1 amide bonds. The number of amides is 1. The van der Waals surface area contributed by atoms with Crippen LogP contribution in [0, 0.1) is 5.41 Å². The van der Waals surface area contributed by atoms with Crippen LogP contribution in [0.25, 0.3) is 0 Å². The molecule has 0 aromatic heterocycles. The predicted octanol–water partition coefficient (Wildman–Crippen LogP) is -2.90. The van der Waals surface area contributed by atoms with E-state index >= 15 is 0 Å². The SMILES string of the molecule is CC(C)(C)C(=O)Oc1ccc(S(=O)(=O)Nc2ccccc2C(=O)NCC(=O)[O-])cc1.O.[Na+]. The smallest absolute Gasteiger partial charge is 0.548 e. The van der Waals surface area contributed by atoms with Crippen molar-refractivity contribution >= 4 is 33.6 Å². The third-order valence-corrected chi connectivity index (χ3v) is 5.15. The van der Waals surface area contributed by atoms with Gasteiger partial charge in [0.15, 0.2) is 0 Å². The number of anilines is 1. The predicted molar refractivity (Wildman–Crippen MR) is 110 cm³/mol. The van der Waals surface area contributed by atoms with E-state index in [1.807, 2.05) is 0 Å². The summed E-state index contributed by atoms with van der Waals surface area (Å²) in [6, 6.07) is 10.9. The minimum absolute atomic E-state index is 0. The number of nitrogens with one attached hydrogen (secondary N) is 2. The van der Waals surface area contributed by atoms with Gasteiger partial charge in [0.2, 0.25) is 0 Å². The Labute approximate surface area is 208 Å². The summed E-state index contributed by atoms with van der Waals surface area (Å²) >= 11 is 0. The van der Waals surface area contributed by atoms with E-state index in [2.05, 4.69) is 10.0 Å². The summed E-state index contributed by atoms with van der Waals surface area (Å²) in [5.41, 5.74) is -0.803. The second kappa shape index (κ2) is 12.0. The molecule has 0 radical (unpaired) electrons. The van der Waals surface area contributed by atoms with E-state index in [0.29, 0.717) is 0 Å². The van der Waals surface area contributed by atoms with Crippen molar-refractivity contribution in [2.75, 3.05) is 11.3 Å². The molecule has 0 aliphatic rings. The molecule has 0 bridgehead atoms. The molecule has 10 nitrogen and oxygen atoms in total. The Morgan fingerprint density at radius 2 is 1.56 bits per heavy atom. The maximum atomic E-state index is 12.7. The Hall–Kier alpha value is -2.44. The van der Waals surface area contributed by atoms with Crippen molar-refractivity contribution in [3.05, 3.63) is 54.1 Å². The number of aliphatic carboxylic acids is 1. The monoisotopic (exact) mass is 474 g/mol. The molecule has 32 heavy (non-hydrogen) atoms. The Morgan fingerprint density at radius 3 is 2.09 bits per heavy atom. The molecule has 2 aromatic rings. The normalized spacial score (nSPS) is 10.7. The van der Waals surface area contributed by atoms with Crippen LogP contribution in [0.2, 0.25) is 0 Å².